The highest BCUT2D eigenvalue weighted by molar-refractivity contribution is 5.49. The number of hydrogen-bond donors (Lipinski definition) is 0. The lowest BCUT2D eigenvalue weighted by Crippen LogP contribution is -2.21. The Morgan fingerprint density at radius 1 is 1.17 bits per heavy atom. The molecule has 1 heterocycles. The maximum atomic E-state index is 5.02. The van der Waals surface area contributed by atoms with E-state index in [2.05, 4.69) is 27.7 Å². The lowest BCUT2D eigenvalue weighted by Gasteiger charge is -2.29. The summed E-state index contributed by atoms with van der Waals surface area (Å²) in [5.74, 6) is 0.678. The Labute approximate surface area is 111 Å². The zero-order valence-electron chi connectivity index (χ0n) is 12.3. The molecule has 1 unspecified atom stereocenters. The van der Waals surface area contributed by atoms with E-state index in [-0.39, 0.29) is 0 Å². The van der Waals surface area contributed by atoms with Gasteiger partial charge in [-0.2, -0.15) is 0 Å². The van der Waals surface area contributed by atoms with Crippen LogP contribution in [-0.4, -0.2) is 4.98 Å². The normalized spacial score (nSPS) is 22.1. The van der Waals surface area contributed by atoms with Crippen molar-refractivity contribution in [2.24, 2.45) is 0 Å². The molecule has 0 saturated heterocycles. The smallest absolute Gasteiger partial charge is 0.0470 e. The molecule has 0 spiro atoms. The quantitative estimate of drug-likeness (QED) is 0.754. The van der Waals surface area contributed by atoms with Gasteiger partial charge in [0.1, 0.15) is 0 Å². The highest BCUT2D eigenvalue weighted by atomic mass is 14.8. The number of hydrogen-bond acceptors (Lipinski definition) is 1. The Bertz CT molecular complexity index is 485. The average molecular weight is 243 g/mol. The second kappa shape index (κ2) is 4.08. The fraction of sp³-hybridized carbons (Fsp3) is 0.706. The molecule has 0 saturated carbocycles. The molecular formula is C17H25N. The average Bonchev–Trinajstić information content (AvgIpc) is 2.94. The van der Waals surface area contributed by atoms with E-state index in [0.717, 1.165) is 0 Å². The molecule has 1 atom stereocenters. The molecule has 2 aliphatic rings. The standard InChI is InChI=1S/C17H25N/c1-5-17(3,4)15-12-7-6-8-14(12)18-16-11(2)9-10-13(15)16/h11H,5-10H2,1-4H3. The summed E-state index contributed by atoms with van der Waals surface area (Å²) >= 11 is 0. The summed E-state index contributed by atoms with van der Waals surface area (Å²) in [6.45, 7) is 9.52. The van der Waals surface area contributed by atoms with Gasteiger partial charge in [-0.15, -0.1) is 0 Å². The van der Waals surface area contributed by atoms with Crippen molar-refractivity contribution in [1.29, 1.82) is 0 Å². The van der Waals surface area contributed by atoms with E-state index in [1.165, 1.54) is 49.9 Å². The van der Waals surface area contributed by atoms with Crippen LogP contribution in [0.1, 0.15) is 81.0 Å². The van der Waals surface area contributed by atoms with Crippen molar-refractivity contribution in [2.45, 2.75) is 77.6 Å². The van der Waals surface area contributed by atoms with Crippen LogP contribution in [0.2, 0.25) is 0 Å². The molecule has 0 amide bonds. The van der Waals surface area contributed by atoms with E-state index in [0.29, 0.717) is 11.3 Å². The Balaban J connectivity index is 2.26. The molecule has 1 aromatic heterocycles. The number of pyridine rings is 1. The maximum absolute atomic E-state index is 5.02. The number of aromatic nitrogens is 1. The van der Waals surface area contributed by atoms with E-state index >= 15 is 0 Å². The Morgan fingerprint density at radius 2 is 1.94 bits per heavy atom. The van der Waals surface area contributed by atoms with E-state index < -0.39 is 0 Å². The summed E-state index contributed by atoms with van der Waals surface area (Å²) in [5.41, 5.74) is 8.12. The SMILES string of the molecule is CCC(C)(C)c1c2c(nc3c1CCC3C)CCC2. The second-order valence-corrected chi connectivity index (χ2v) is 6.81. The molecule has 0 aromatic carbocycles. The van der Waals surface area contributed by atoms with Gasteiger partial charge >= 0.3 is 0 Å². The molecule has 1 nitrogen and oxygen atoms in total. The van der Waals surface area contributed by atoms with Crippen molar-refractivity contribution >= 4 is 0 Å². The van der Waals surface area contributed by atoms with Crippen molar-refractivity contribution in [2.75, 3.05) is 0 Å². The number of fused-ring (bicyclic) bond motifs is 2. The molecule has 0 bridgehead atoms. The first-order valence-electron chi connectivity index (χ1n) is 7.59. The summed E-state index contributed by atoms with van der Waals surface area (Å²) in [6.07, 6.45) is 7.58. The molecule has 0 radical (unpaired) electrons. The minimum absolute atomic E-state index is 0.325. The molecule has 1 heteroatoms. The van der Waals surface area contributed by atoms with Gasteiger partial charge in [0.25, 0.3) is 0 Å². The van der Waals surface area contributed by atoms with Crippen LogP contribution in [0, 0.1) is 0 Å². The Hall–Kier alpha value is -0.850. The summed E-state index contributed by atoms with van der Waals surface area (Å²) in [5, 5.41) is 0. The van der Waals surface area contributed by atoms with Gasteiger partial charge in [-0.3, -0.25) is 4.98 Å². The molecule has 98 valence electrons. The van der Waals surface area contributed by atoms with Crippen LogP contribution in [0.25, 0.3) is 0 Å². The van der Waals surface area contributed by atoms with E-state index in [4.69, 9.17) is 4.98 Å². The first kappa shape index (κ1) is 12.2. The molecular weight excluding hydrogens is 218 g/mol. The van der Waals surface area contributed by atoms with Gasteiger partial charge in [-0.25, -0.2) is 0 Å². The number of nitrogens with zero attached hydrogens (tertiary/aromatic N) is 1. The monoisotopic (exact) mass is 243 g/mol. The third-order valence-corrected chi connectivity index (χ3v) is 5.21. The van der Waals surface area contributed by atoms with Gasteiger partial charge in [0.2, 0.25) is 0 Å². The van der Waals surface area contributed by atoms with Crippen LogP contribution in [-0.2, 0) is 24.7 Å². The minimum Gasteiger partial charge on any atom is -0.257 e. The highest BCUT2D eigenvalue weighted by Crippen LogP contribution is 2.43. The van der Waals surface area contributed by atoms with E-state index in [1.54, 1.807) is 16.7 Å². The van der Waals surface area contributed by atoms with Gasteiger partial charge in [-0.1, -0.05) is 27.7 Å². The largest absolute Gasteiger partial charge is 0.257 e. The van der Waals surface area contributed by atoms with Gasteiger partial charge in [0, 0.05) is 11.4 Å². The van der Waals surface area contributed by atoms with E-state index in [1.807, 2.05) is 0 Å². The fourth-order valence-corrected chi connectivity index (χ4v) is 3.80. The van der Waals surface area contributed by atoms with Crippen LogP contribution in [0.3, 0.4) is 0 Å². The molecule has 0 fully saturated rings. The zero-order chi connectivity index (χ0) is 12.9. The van der Waals surface area contributed by atoms with Crippen LogP contribution in [0.4, 0.5) is 0 Å². The van der Waals surface area contributed by atoms with Gasteiger partial charge in [-0.05, 0) is 66.5 Å². The first-order chi connectivity index (χ1) is 8.54. The molecule has 2 aliphatic carbocycles. The molecule has 0 N–H and O–H groups in total. The number of aryl methyl sites for hydroxylation is 1. The third kappa shape index (κ3) is 1.63. The highest BCUT2D eigenvalue weighted by Gasteiger charge is 2.34. The summed E-state index contributed by atoms with van der Waals surface area (Å²) in [4.78, 5) is 5.02. The first-order valence-corrected chi connectivity index (χ1v) is 7.59. The summed E-state index contributed by atoms with van der Waals surface area (Å²) in [7, 11) is 0. The van der Waals surface area contributed by atoms with Gasteiger partial charge < -0.3 is 0 Å². The maximum Gasteiger partial charge on any atom is 0.0470 e. The lowest BCUT2D eigenvalue weighted by atomic mass is 9.76. The predicted molar refractivity (Wildman–Crippen MR) is 76.3 cm³/mol. The van der Waals surface area contributed by atoms with Crippen molar-refractivity contribution < 1.29 is 0 Å². The van der Waals surface area contributed by atoms with Crippen LogP contribution >= 0.6 is 0 Å². The third-order valence-electron chi connectivity index (χ3n) is 5.21. The zero-order valence-corrected chi connectivity index (χ0v) is 12.3. The Morgan fingerprint density at radius 3 is 2.67 bits per heavy atom. The van der Waals surface area contributed by atoms with Crippen molar-refractivity contribution in [1.82, 2.24) is 4.98 Å². The van der Waals surface area contributed by atoms with Crippen LogP contribution < -0.4 is 0 Å². The number of rotatable bonds is 2. The van der Waals surface area contributed by atoms with E-state index in [9.17, 15) is 0 Å². The molecule has 0 aliphatic heterocycles. The topological polar surface area (TPSA) is 12.9 Å². The van der Waals surface area contributed by atoms with Crippen molar-refractivity contribution in [3.8, 4) is 0 Å². The van der Waals surface area contributed by atoms with Crippen molar-refractivity contribution in [3.63, 3.8) is 0 Å². The summed E-state index contributed by atoms with van der Waals surface area (Å²) in [6, 6.07) is 0. The second-order valence-electron chi connectivity index (χ2n) is 6.81. The Kier molecular flexibility index (Phi) is 2.76. The minimum atomic E-state index is 0.325. The van der Waals surface area contributed by atoms with Gasteiger partial charge in [0.05, 0.1) is 0 Å². The van der Waals surface area contributed by atoms with Crippen molar-refractivity contribution in [3.05, 3.63) is 28.1 Å². The molecule has 1 aromatic rings. The fourth-order valence-electron chi connectivity index (χ4n) is 3.80. The van der Waals surface area contributed by atoms with Crippen LogP contribution in [0.5, 0.6) is 0 Å². The van der Waals surface area contributed by atoms with Gasteiger partial charge in [0.15, 0.2) is 0 Å². The lowest BCUT2D eigenvalue weighted by molar-refractivity contribution is 0.496. The molecule has 3 rings (SSSR count). The molecule has 18 heavy (non-hydrogen) atoms. The van der Waals surface area contributed by atoms with Crippen LogP contribution in [0.15, 0.2) is 0 Å². The summed E-state index contributed by atoms with van der Waals surface area (Å²) < 4.78 is 0. The predicted octanol–water partition coefficient (Wildman–Crippen LogP) is 4.31.